The Bertz CT molecular complexity index is 556. The van der Waals surface area contributed by atoms with Crippen LogP contribution in [0.1, 0.15) is 52.4 Å². The summed E-state index contributed by atoms with van der Waals surface area (Å²) in [5, 5.41) is 0. The van der Waals surface area contributed by atoms with Gasteiger partial charge in [-0.2, -0.15) is 0 Å². The summed E-state index contributed by atoms with van der Waals surface area (Å²) in [6.07, 6.45) is 9.31. The van der Waals surface area contributed by atoms with Gasteiger partial charge in [0.1, 0.15) is 0 Å². The van der Waals surface area contributed by atoms with E-state index >= 15 is 0 Å². The molecule has 23 heavy (non-hydrogen) atoms. The van der Waals surface area contributed by atoms with Crippen LogP contribution in [0.4, 0.5) is 0 Å². The van der Waals surface area contributed by atoms with E-state index in [0.29, 0.717) is 17.3 Å². The summed E-state index contributed by atoms with van der Waals surface area (Å²) >= 11 is 0. The zero-order chi connectivity index (χ0) is 16.4. The number of carbonyl (C=O) groups is 1. The van der Waals surface area contributed by atoms with E-state index in [1.165, 1.54) is 31.4 Å². The van der Waals surface area contributed by atoms with Crippen LogP contribution in [0.25, 0.3) is 0 Å². The summed E-state index contributed by atoms with van der Waals surface area (Å²) in [5.74, 6) is 2.61. The van der Waals surface area contributed by atoms with Crippen molar-refractivity contribution in [2.45, 2.75) is 58.5 Å². The Balaban J connectivity index is 1.70. The second kappa shape index (κ2) is 5.08. The van der Waals surface area contributed by atoms with Crippen molar-refractivity contribution in [2.75, 3.05) is 20.7 Å². The molecule has 3 aliphatic carbocycles. The first kappa shape index (κ1) is 15.7. The molecule has 0 aromatic rings. The molecule has 4 rings (SSSR count). The lowest BCUT2D eigenvalue weighted by Crippen LogP contribution is -2.56. The summed E-state index contributed by atoms with van der Waals surface area (Å²) in [6.45, 7) is 6.06. The fourth-order valence-electron chi connectivity index (χ4n) is 6.74. The third-order valence-electron chi connectivity index (χ3n) is 7.99. The van der Waals surface area contributed by atoms with Crippen molar-refractivity contribution in [1.82, 2.24) is 4.90 Å². The number of fused-ring (bicyclic) bond motifs is 5. The summed E-state index contributed by atoms with van der Waals surface area (Å²) < 4.78 is 5.75. The van der Waals surface area contributed by atoms with Crippen molar-refractivity contribution in [3.8, 4) is 0 Å². The van der Waals surface area contributed by atoms with E-state index in [9.17, 15) is 4.79 Å². The average molecular weight is 317 g/mol. The van der Waals surface area contributed by atoms with Crippen LogP contribution in [0.3, 0.4) is 0 Å². The maximum Gasteiger partial charge on any atom is 0.157 e. The number of ketones is 1. The van der Waals surface area contributed by atoms with Gasteiger partial charge in [0, 0.05) is 44.3 Å². The predicted molar refractivity (Wildman–Crippen MR) is 90.9 cm³/mol. The number of piperidine rings is 1. The number of allylic oxidation sites excluding steroid dienone is 2. The van der Waals surface area contributed by atoms with Gasteiger partial charge in [-0.15, -0.1) is 0 Å². The van der Waals surface area contributed by atoms with Crippen molar-refractivity contribution >= 4 is 5.78 Å². The van der Waals surface area contributed by atoms with E-state index in [4.69, 9.17) is 4.74 Å². The summed E-state index contributed by atoms with van der Waals surface area (Å²) in [5.41, 5.74) is 1.99. The SMILES string of the molecule is COC1C[C@H]2[C@@H]3CN(C)C4=CC(=O)CC[C@]4(C)[C@@H]3CC[C@]2(C)C1. The number of ether oxygens (including phenoxy) is 1. The lowest BCUT2D eigenvalue weighted by molar-refractivity contribution is -0.118. The third-order valence-corrected chi connectivity index (χ3v) is 7.99. The van der Waals surface area contributed by atoms with E-state index in [1.54, 1.807) is 0 Å². The number of rotatable bonds is 1. The van der Waals surface area contributed by atoms with Crippen LogP contribution in [-0.4, -0.2) is 37.5 Å². The summed E-state index contributed by atoms with van der Waals surface area (Å²) in [6, 6.07) is 0. The van der Waals surface area contributed by atoms with E-state index < -0.39 is 0 Å². The van der Waals surface area contributed by atoms with Crippen LogP contribution >= 0.6 is 0 Å². The minimum Gasteiger partial charge on any atom is -0.381 e. The second-order valence-corrected chi connectivity index (χ2v) is 9.16. The molecule has 0 bridgehead atoms. The Morgan fingerprint density at radius 1 is 1.26 bits per heavy atom. The van der Waals surface area contributed by atoms with Crippen LogP contribution in [0, 0.1) is 28.6 Å². The van der Waals surface area contributed by atoms with Gasteiger partial charge >= 0.3 is 0 Å². The monoisotopic (exact) mass is 317 g/mol. The Hall–Kier alpha value is -0.830. The highest BCUT2D eigenvalue weighted by molar-refractivity contribution is 5.91. The van der Waals surface area contributed by atoms with Crippen LogP contribution in [0.5, 0.6) is 0 Å². The maximum absolute atomic E-state index is 12.0. The number of likely N-dealkylation sites (tertiary alicyclic amines) is 1. The highest BCUT2D eigenvalue weighted by Crippen LogP contribution is 2.63. The van der Waals surface area contributed by atoms with Gasteiger partial charge in [-0.25, -0.2) is 0 Å². The molecule has 4 aliphatic rings. The molecule has 3 heteroatoms. The number of hydrogen-bond donors (Lipinski definition) is 0. The molecular weight excluding hydrogens is 286 g/mol. The van der Waals surface area contributed by atoms with Crippen molar-refractivity contribution in [1.29, 1.82) is 0 Å². The van der Waals surface area contributed by atoms with Crippen LogP contribution in [0.15, 0.2) is 11.8 Å². The van der Waals surface area contributed by atoms with Crippen LogP contribution in [-0.2, 0) is 9.53 Å². The average Bonchev–Trinajstić information content (AvgIpc) is 2.86. The second-order valence-electron chi connectivity index (χ2n) is 9.16. The first-order chi connectivity index (χ1) is 10.9. The van der Waals surface area contributed by atoms with Gasteiger partial charge in [0.2, 0.25) is 0 Å². The highest BCUT2D eigenvalue weighted by atomic mass is 16.5. The molecule has 6 atom stereocenters. The molecule has 0 spiro atoms. The van der Waals surface area contributed by atoms with Gasteiger partial charge in [0.05, 0.1) is 6.10 Å². The lowest BCUT2D eigenvalue weighted by atomic mass is 9.50. The molecule has 1 heterocycles. The molecule has 0 amide bonds. The molecular formula is C20H31NO2. The largest absolute Gasteiger partial charge is 0.381 e. The van der Waals surface area contributed by atoms with Crippen LogP contribution in [0.2, 0.25) is 0 Å². The van der Waals surface area contributed by atoms with E-state index in [2.05, 4.69) is 25.8 Å². The summed E-state index contributed by atoms with van der Waals surface area (Å²) in [7, 11) is 4.08. The molecule has 3 nitrogen and oxygen atoms in total. The fourth-order valence-corrected chi connectivity index (χ4v) is 6.74. The van der Waals surface area contributed by atoms with Gasteiger partial charge in [-0.3, -0.25) is 4.79 Å². The normalized spacial score (nSPS) is 49.3. The standard InChI is InChI=1S/C20H31NO2/c1-19-7-6-16-15(17(19)10-14(11-19)23-4)12-21(3)18-9-13(22)5-8-20(16,18)2/h9,14-17H,5-8,10-12H2,1-4H3/t14?,15-,16-,17+,19-,20-/m1/s1. The van der Waals surface area contributed by atoms with Crippen LogP contribution < -0.4 is 0 Å². The van der Waals surface area contributed by atoms with Gasteiger partial charge < -0.3 is 9.64 Å². The van der Waals surface area contributed by atoms with Gasteiger partial charge in [0.25, 0.3) is 0 Å². The minimum absolute atomic E-state index is 0.206. The lowest BCUT2D eigenvalue weighted by Gasteiger charge is -2.59. The smallest absolute Gasteiger partial charge is 0.157 e. The minimum atomic E-state index is 0.206. The van der Waals surface area contributed by atoms with Crippen molar-refractivity contribution in [3.63, 3.8) is 0 Å². The Kier molecular flexibility index (Phi) is 3.46. The van der Waals surface area contributed by atoms with Crippen molar-refractivity contribution in [2.24, 2.45) is 28.6 Å². The number of hydrogen-bond acceptors (Lipinski definition) is 3. The van der Waals surface area contributed by atoms with Crippen molar-refractivity contribution in [3.05, 3.63) is 11.8 Å². The molecule has 0 radical (unpaired) electrons. The molecule has 0 N–H and O–H groups in total. The summed E-state index contributed by atoms with van der Waals surface area (Å²) in [4.78, 5) is 14.4. The Morgan fingerprint density at radius 3 is 2.78 bits per heavy atom. The zero-order valence-corrected chi connectivity index (χ0v) is 15.1. The molecule has 1 saturated heterocycles. The van der Waals surface area contributed by atoms with Crippen molar-refractivity contribution < 1.29 is 9.53 Å². The molecule has 0 aromatic heterocycles. The zero-order valence-electron chi connectivity index (χ0n) is 15.1. The Morgan fingerprint density at radius 2 is 2.04 bits per heavy atom. The Labute approximate surface area is 140 Å². The predicted octanol–water partition coefficient (Wildman–Crippen LogP) is 3.64. The van der Waals surface area contributed by atoms with E-state index in [0.717, 1.165) is 37.1 Å². The number of carbonyl (C=O) groups excluding carboxylic acids is 1. The molecule has 128 valence electrons. The fraction of sp³-hybridized carbons (Fsp3) is 0.850. The molecule has 3 fully saturated rings. The topological polar surface area (TPSA) is 29.5 Å². The van der Waals surface area contributed by atoms with E-state index in [-0.39, 0.29) is 5.41 Å². The van der Waals surface area contributed by atoms with E-state index in [1.807, 2.05) is 13.2 Å². The number of nitrogens with zero attached hydrogens (tertiary/aromatic N) is 1. The van der Waals surface area contributed by atoms with Gasteiger partial charge in [-0.05, 0) is 55.3 Å². The number of methoxy groups -OCH3 is 1. The highest BCUT2D eigenvalue weighted by Gasteiger charge is 2.59. The molecule has 1 unspecified atom stereocenters. The van der Waals surface area contributed by atoms with Gasteiger partial charge in [0.15, 0.2) is 5.78 Å². The quantitative estimate of drug-likeness (QED) is 0.739. The van der Waals surface area contributed by atoms with Gasteiger partial charge in [-0.1, -0.05) is 13.8 Å². The molecule has 2 saturated carbocycles. The molecule has 1 aliphatic heterocycles. The molecule has 0 aromatic carbocycles. The first-order valence-corrected chi connectivity index (χ1v) is 9.36. The third kappa shape index (κ3) is 2.15. The maximum atomic E-state index is 12.0. The first-order valence-electron chi connectivity index (χ1n) is 9.36.